The summed E-state index contributed by atoms with van der Waals surface area (Å²) in [6.45, 7) is 0.0816. The summed E-state index contributed by atoms with van der Waals surface area (Å²) in [4.78, 5) is 23.3. The molecule has 1 aromatic heterocycles. The molecule has 27 heavy (non-hydrogen) atoms. The van der Waals surface area contributed by atoms with E-state index >= 15 is 0 Å². The third-order valence-electron chi connectivity index (χ3n) is 3.69. The molecule has 8 heteroatoms. The Morgan fingerprint density at radius 1 is 1.04 bits per heavy atom. The number of carbonyl (C=O) groups excluding carboxylic acids is 2. The zero-order chi connectivity index (χ0) is 18.6. The summed E-state index contributed by atoms with van der Waals surface area (Å²) in [6.07, 6.45) is 1.61. The second-order valence-electron chi connectivity index (χ2n) is 5.55. The minimum absolute atomic E-state index is 0.0816. The van der Waals surface area contributed by atoms with Gasteiger partial charge in [0.15, 0.2) is 6.61 Å². The third kappa shape index (κ3) is 3.90. The highest BCUT2D eigenvalue weighted by Gasteiger charge is 2.25. The first-order chi connectivity index (χ1) is 13.2. The van der Waals surface area contributed by atoms with Crippen LogP contribution in [-0.2, 0) is 11.4 Å². The van der Waals surface area contributed by atoms with E-state index in [-0.39, 0.29) is 11.8 Å². The predicted octanol–water partition coefficient (Wildman–Crippen LogP) is 3.64. The number of ether oxygens (including phenoxy) is 1. The van der Waals surface area contributed by atoms with Crippen molar-refractivity contribution in [2.45, 2.75) is 6.61 Å². The van der Waals surface area contributed by atoms with Crippen molar-refractivity contribution in [1.82, 2.24) is 15.5 Å². The number of nitrogens with one attached hydrogen (secondary N) is 1. The standard InChI is InChI=1S/C19H13N3O4S/c23-17-15(27-19(24)20-17)10-13-8-4-5-9-14(13)25-11-16-21-22-18(26-16)12-6-2-1-3-7-12/h1-10H,11H2,(H,20,23,24)/b15-10+. The fraction of sp³-hybridized carbons (Fsp3) is 0.0526. The predicted molar refractivity (Wildman–Crippen MR) is 99.6 cm³/mol. The normalized spacial score (nSPS) is 15.2. The zero-order valence-corrected chi connectivity index (χ0v) is 14.7. The van der Waals surface area contributed by atoms with Crippen LogP contribution in [0.5, 0.6) is 5.75 Å². The van der Waals surface area contributed by atoms with Crippen molar-refractivity contribution in [2.75, 3.05) is 0 Å². The molecule has 2 aromatic carbocycles. The highest BCUT2D eigenvalue weighted by Crippen LogP contribution is 2.29. The van der Waals surface area contributed by atoms with Crippen LogP contribution >= 0.6 is 11.8 Å². The summed E-state index contributed by atoms with van der Waals surface area (Å²) in [5.74, 6) is 0.878. The molecule has 0 saturated carbocycles. The summed E-state index contributed by atoms with van der Waals surface area (Å²) in [7, 11) is 0. The monoisotopic (exact) mass is 379 g/mol. The molecule has 2 heterocycles. The molecular formula is C19H13N3O4S. The van der Waals surface area contributed by atoms with Crippen molar-refractivity contribution in [3.8, 4) is 17.2 Å². The molecule has 0 aliphatic carbocycles. The van der Waals surface area contributed by atoms with E-state index in [1.54, 1.807) is 18.2 Å². The maximum Gasteiger partial charge on any atom is 0.290 e. The van der Waals surface area contributed by atoms with Gasteiger partial charge < -0.3 is 9.15 Å². The number of para-hydroxylation sites is 1. The number of amides is 2. The quantitative estimate of drug-likeness (QED) is 0.676. The SMILES string of the molecule is O=C1NC(=O)/C(=C\c2ccccc2OCc2nnc(-c3ccccc3)o2)S1. The maximum atomic E-state index is 11.7. The third-order valence-corrected chi connectivity index (χ3v) is 4.50. The van der Waals surface area contributed by atoms with Gasteiger partial charge in [-0.2, -0.15) is 0 Å². The van der Waals surface area contributed by atoms with Crippen LogP contribution < -0.4 is 10.1 Å². The van der Waals surface area contributed by atoms with Gasteiger partial charge in [-0.1, -0.05) is 36.4 Å². The van der Waals surface area contributed by atoms with Crippen molar-refractivity contribution >= 4 is 29.0 Å². The van der Waals surface area contributed by atoms with Gasteiger partial charge in [0.1, 0.15) is 5.75 Å². The molecule has 0 atom stereocenters. The van der Waals surface area contributed by atoms with Crippen LogP contribution in [0.25, 0.3) is 17.5 Å². The average Bonchev–Trinajstić information content (AvgIpc) is 3.28. The van der Waals surface area contributed by atoms with E-state index in [0.717, 1.165) is 17.3 Å². The van der Waals surface area contributed by atoms with Crippen LogP contribution in [0.2, 0.25) is 0 Å². The Morgan fingerprint density at radius 3 is 2.59 bits per heavy atom. The Bertz CT molecular complexity index is 1030. The Balaban J connectivity index is 1.50. The largest absolute Gasteiger partial charge is 0.483 e. The van der Waals surface area contributed by atoms with E-state index in [2.05, 4.69) is 15.5 Å². The summed E-state index contributed by atoms with van der Waals surface area (Å²) in [5, 5.41) is 9.85. The molecule has 3 aromatic rings. The van der Waals surface area contributed by atoms with E-state index in [1.165, 1.54) is 0 Å². The molecule has 1 saturated heterocycles. The van der Waals surface area contributed by atoms with Gasteiger partial charge in [0.25, 0.3) is 17.0 Å². The van der Waals surface area contributed by atoms with Gasteiger partial charge in [-0.3, -0.25) is 14.9 Å². The highest BCUT2D eigenvalue weighted by atomic mass is 32.2. The molecule has 0 radical (unpaired) electrons. The lowest BCUT2D eigenvalue weighted by atomic mass is 10.2. The van der Waals surface area contributed by atoms with Crippen molar-refractivity contribution in [1.29, 1.82) is 0 Å². The first-order valence-electron chi connectivity index (χ1n) is 8.03. The lowest BCUT2D eigenvalue weighted by molar-refractivity contribution is -0.115. The number of imide groups is 1. The fourth-order valence-electron chi connectivity index (χ4n) is 2.44. The zero-order valence-electron chi connectivity index (χ0n) is 13.9. The van der Waals surface area contributed by atoms with Gasteiger partial charge in [0.2, 0.25) is 5.89 Å². The summed E-state index contributed by atoms with van der Waals surface area (Å²) in [5.41, 5.74) is 1.50. The average molecular weight is 379 g/mol. The molecule has 0 unspecified atom stereocenters. The summed E-state index contributed by atoms with van der Waals surface area (Å²) >= 11 is 0.858. The molecule has 4 rings (SSSR count). The van der Waals surface area contributed by atoms with Gasteiger partial charge in [0, 0.05) is 11.1 Å². The van der Waals surface area contributed by atoms with Crippen LogP contribution in [-0.4, -0.2) is 21.3 Å². The first kappa shape index (κ1) is 17.0. The molecule has 2 amide bonds. The summed E-state index contributed by atoms with van der Waals surface area (Å²) < 4.78 is 11.4. The van der Waals surface area contributed by atoms with Crippen LogP contribution in [0.1, 0.15) is 11.5 Å². The van der Waals surface area contributed by atoms with E-state index in [4.69, 9.17) is 9.15 Å². The molecule has 0 spiro atoms. The second kappa shape index (κ2) is 7.46. The van der Waals surface area contributed by atoms with Crippen molar-refractivity contribution in [2.24, 2.45) is 0 Å². The van der Waals surface area contributed by atoms with Gasteiger partial charge in [-0.05, 0) is 36.0 Å². The van der Waals surface area contributed by atoms with Crippen LogP contribution in [0.15, 0.2) is 63.9 Å². The molecule has 1 N–H and O–H groups in total. The number of thioether (sulfide) groups is 1. The number of rotatable bonds is 5. The molecular weight excluding hydrogens is 366 g/mol. The van der Waals surface area contributed by atoms with Crippen LogP contribution in [0.3, 0.4) is 0 Å². The Morgan fingerprint density at radius 2 is 1.81 bits per heavy atom. The van der Waals surface area contributed by atoms with Crippen molar-refractivity contribution < 1.29 is 18.7 Å². The Hall–Kier alpha value is -3.39. The molecule has 134 valence electrons. The first-order valence-corrected chi connectivity index (χ1v) is 8.85. The topological polar surface area (TPSA) is 94.3 Å². The molecule has 7 nitrogen and oxygen atoms in total. The van der Waals surface area contributed by atoms with Gasteiger partial charge in [-0.25, -0.2) is 0 Å². The van der Waals surface area contributed by atoms with Crippen LogP contribution in [0, 0.1) is 0 Å². The number of hydrogen-bond acceptors (Lipinski definition) is 7. The number of carbonyl (C=O) groups is 2. The number of hydrogen-bond donors (Lipinski definition) is 1. The van der Waals surface area contributed by atoms with Gasteiger partial charge in [0.05, 0.1) is 4.91 Å². The van der Waals surface area contributed by atoms with Gasteiger partial charge >= 0.3 is 0 Å². The smallest absolute Gasteiger partial charge is 0.290 e. The number of benzene rings is 2. The van der Waals surface area contributed by atoms with E-state index in [1.807, 2.05) is 42.5 Å². The number of nitrogens with zero attached hydrogens (tertiary/aromatic N) is 2. The second-order valence-corrected chi connectivity index (χ2v) is 6.56. The molecule has 1 fully saturated rings. The fourth-order valence-corrected chi connectivity index (χ4v) is 3.12. The minimum Gasteiger partial charge on any atom is -0.483 e. The molecule has 1 aliphatic heterocycles. The Kier molecular flexibility index (Phi) is 4.71. The highest BCUT2D eigenvalue weighted by molar-refractivity contribution is 8.18. The van der Waals surface area contributed by atoms with E-state index in [0.29, 0.717) is 28.0 Å². The van der Waals surface area contributed by atoms with Crippen LogP contribution in [0.4, 0.5) is 4.79 Å². The maximum absolute atomic E-state index is 11.7. The lowest BCUT2D eigenvalue weighted by Crippen LogP contribution is -2.17. The van der Waals surface area contributed by atoms with Crippen molar-refractivity contribution in [3.05, 3.63) is 71.0 Å². The van der Waals surface area contributed by atoms with E-state index in [9.17, 15) is 9.59 Å². The Labute approximate surface area is 158 Å². The molecule has 1 aliphatic rings. The van der Waals surface area contributed by atoms with Crippen molar-refractivity contribution in [3.63, 3.8) is 0 Å². The van der Waals surface area contributed by atoms with Gasteiger partial charge in [-0.15, -0.1) is 10.2 Å². The summed E-state index contributed by atoms with van der Waals surface area (Å²) in [6, 6.07) is 16.6. The number of aromatic nitrogens is 2. The lowest BCUT2D eigenvalue weighted by Gasteiger charge is -2.07. The van der Waals surface area contributed by atoms with E-state index < -0.39 is 5.91 Å². The minimum atomic E-state index is -0.413. The molecule has 0 bridgehead atoms.